The zero-order valence-electron chi connectivity index (χ0n) is 8.50. The number of nitrogens with one attached hydrogen (secondary N) is 1. The van der Waals surface area contributed by atoms with Crippen LogP contribution in [0.25, 0.3) is 0 Å². The van der Waals surface area contributed by atoms with Gasteiger partial charge in [-0.3, -0.25) is 0 Å². The maximum absolute atomic E-state index is 12.0. The molecule has 4 nitrogen and oxygen atoms in total. The fourth-order valence-corrected chi connectivity index (χ4v) is 2.32. The summed E-state index contributed by atoms with van der Waals surface area (Å²) in [6, 6.07) is 0. The SMILES string of the molecule is O=S(=O)(NCC1CCCCC1O)C(F)(F)F. The van der Waals surface area contributed by atoms with E-state index in [9.17, 15) is 26.7 Å². The van der Waals surface area contributed by atoms with E-state index in [-0.39, 0.29) is 6.54 Å². The summed E-state index contributed by atoms with van der Waals surface area (Å²) in [5.41, 5.74) is -5.29. The van der Waals surface area contributed by atoms with Gasteiger partial charge in [0.15, 0.2) is 0 Å². The van der Waals surface area contributed by atoms with Crippen molar-refractivity contribution in [2.24, 2.45) is 5.92 Å². The molecule has 0 heterocycles. The van der Waals surface area contributed by atoms with Gasteiger partial charge in [0.1, 0.15) is 0 Å². The molecule has 0 aromatic heterocycles. The van der Waals surface area contributed by atoms with Crippen molar-refractivity contribution in [2.45, 2.75) is 37.3 Å². The molecular weight excluding hydrogens is 247 g/mol. The molecule has 0 amide bonds. The fourth-order valence-electron chi connectivity index (χ4n) is 1.72. The lowest BCUT2D eigenvalue weighted by molar-refractivity contribution is -0.0451. The first kappa shape index (κ1) is 13.7. The normalized spacial score (nSPS) is 28.0. The summed E-state index contributed by atoms with van der Waals surface area (Å²) in [6.07, 6.45) is 1.96. The highest BCUT2D eigenvalue weighted by Crippen LogP contribution is 2.26. The van der Waals surface area contributed by atoms with Crippen LogP contribution in [0.3, 0.4) is 0 Å². The molecule has 0 aliphatic heterocycles. The minimum Gasteiger partial charge on any atom is -0.393 e. The summed E-state index contributed by atoms with van der Waals surface area (Å²) in [5, 5.41) is 9.45. The van der Waals surface area contributed by atoms with E-state index in [1.54, 1.807) is 0 Å². The Hall–Kier alpha value is -0.340. The first-order valence-electron chi connectivity index (χ1n) is 4.98. The van der Waals surface area contributed by atoms with Crippen molar-refractivity contribution in [2.75, 3.05) is 6.54 Å². The maximum Gasteiger partial charge on any atom is 0.511 e. The van der Waals surface area contributed by atoms with E-state index in [4.69, 9.17) is 0 Å². The summed E-state index contributed by atoms with van der Waals surface area (Å²) < 4.78 is 58.8. The van der Waals surface area contributed by atoms with Crippen LogP contribution in [-0.2, 0) is 10.0 Å². The Labute approximate surface area is 91.9 Å². The molecule has 2 unspecified atom stereocenters. The largest absolute Gasteiger partial charge is 0.511 e. The molecule has 1 aliphatic carbocycles. The molecule has 1 aliphatic rings. The molecule has 0 radical (unpaired) electrons. The third-order valence-corrected chi connectivity index (χ3v) is 3.87. The Kier molecular flexibility index (Phi) is 4.19. The number of aliphatic hydroxyl groups is 1. The lowest BCUT2D eigenvalue weighted by Crippen LogP contribution is -2.42. The van der Waals surface area contributed by atoms with E-state index in [0.717, 1.165) is 12.8 Å². The highest BCUT2D eigenvalue weighted by molar-refractivity contribution is 7.90. The Balaban J connectivity index is 2.51. The van der Waals surface area contributed by atoms with Crippen molar-refractivity contribution in [3.05, 3.63) is 0 Å². The van der Waals surface area contributed by atoms with Gasteiger partial charge in [0.05, 0.1) is 6.10 Å². The van der Waals surface area contributed by atoms with Crippen molar-refractivity contribution in [3.8, 4) is 0 Å². The molecule has 0 aromatic carbocycles. The second-order valence-corrected chi connectivity index (χ2v) is 5.67. The second-order valence-electron chi connectivity index (χ2n) is 3.91. The standard InChI is InChI=1S/C8H14F3NO3S/c9-8(10,11)16(14,15)12-5-6-3-1-2-4-7(6)13/h6-7,12-13H,1-5H2. The van der Waals surface area contributed by atoms with Crippen LogP contribution in [0.2, 0.25) is 0 Å². The topological polar surface area (TPSA) is 66.4 Å². The first-order chi connectivity index (χ1) is 7.24. The zero-order valence-corrected chi connectivity index (χ0v) is 9.31. The molecule has 2 N–H and O–H groups in total. The van der Waals surface area contributed by atoms with E-state index >= 15 is 0 Å². The summed E-state index contributed by atoms with van der Waals surface area (Å²) in [6.45, 7) is -0.358. The van der Waals surface area contributed by atoms with Crippen LogP contribution < -0.4 is 4.72 Å². The monoisotopic (exact) mass is 261 g/mol. The minimum atomic E-state index is -5.29. The predicted molar refractivity (Wildman–Crippen MR) is 50.9 cm³/mol. The van der Waals surface area contributed by atoms with Crippen LogP contribution in [0, 0.1) is 5.92 Å². The Morgan fingerprint density at radius 1 is 1.25 bits per heavy atom. The van der Waals surface area contributed by atoms with E-state index in [1.165, 1.54) is 4.72 Å². The number of halogens is 3. The number of hydrogen-bond acceptors (Lipinski definition) is 3. The van der Waals surface area contributed by atoms with Gasteiger partial charge in [-0.05, 0) is 18.8 Å². The molecule has 0 aromatic rings. The average Bonchev–Trinajstić information content (AvgIpc) is 2.15. The molecule has 96 valence electrons. The van der Waals surface area contributed by atoms with Crippen molar-refractivity contribution < 1.29 is 26.7 Å². The molecule has 1 rings (SSSR count). The number of aliphatic hydroxyl groups excluding tert-OH is 1. The van der Waals surface area contributed by atoms with Crippen molar-refractivity contribution in [1.29, 1.82) is 0 Å². The van der Waals surface area contributed by atoms with E-state index in [2.05, 4.69) is 0 Å². The minimum absolute atomic E-state index is 0.358. The van der Waals surface area contributed by atoms with Gasteiger partial charge in [0.25, 0.3) is 0 Å². The van der Waals surface area contributed by atoms with Gasteiger partial charge < -0.3 is 5.11 Å². The van der Waals surface area contributed by atoms with Gasteiger partial charge in [-0.1, -0.05) is 12.8 Å². The molecule has 0 spiro atoms. The highest BCUT2D eigenvalue weighted by atomic mass is 32.2. The highest BCUT2D eigenvalue weighted by Gasteiger charge is 2.46. The van der Waals surface area contributed by atoms with Gasteiger partial charge in [0.2, 0.25) is 0 Å². The van der Waals surface area contributed by atoms with Gasteiger partial charge >= 0.3 is 15.5 Å². The van der Waals surface area contributed by atoms with Crippen molar-refractivity contribution in [1.82, 2.24) is 4.72 Å². The Morgan fingerprint density at radius 2 is 1.81 bits per heavy atom. The molecule has 2 atom stereocenters. The summed E-state index contributed by atoms with van der Waals surface area (Å²) in [5.74, 6) is -0.425. The van der Waals surface area contributed by atoms with Gasteiger partial charge in [0, 0.05) is 6.54 Å². The maximum atomic E-state index is 12.0. The first-order valence-corrected chi connectivity index (χ1v) is 6.46. The summed E-state index contributed by atoms with van der Waals surface area (Å²) >= 11 is 0. The zero-order chi connectivity index (χ0) is 12.4. The third-order valence-electron chi connectivity index (χ3n) is 2.71. The molecule has 16 heavy (non-hydrogen) atoms. The van der Waals surface area contributed by atoms with Crippen LogP contribution in [0.15, 0.2) is 0 Å². The van der Waals surface area contributed by atoms with Gasteiger partial charge in [-0.15, -0.1) is 0 Å². The molecular formula is C8H14F3NO3S. The van der Waals surface area contributed by atoms with Crippen LogP contribution in [0.5, 0.6) is 0 Å². The van der Waals surface area contributed by atoms with Crippen LogP contribution >= 0.6 is 0 Å². The number of sulfonamides is 1. The summed E-state index contributed by atoms with van der Waals surface area (Å²) in [7, 11) is -5.28. The fraction of sp³-hybridized carbons (Fsp3) is 1.00. The second kappa shape index (κ2) is 4.89. The third kappa shape index (κ3) is 3.33. The molecule has 8 heteroatoms. The van der Waals surface area contributed by atoms with Crippen LogP contribution in [-0.4, -0.2) is 31.7 Å². The quantitative estimate of drug-likeness (QED) is 0.795. The average molecular weight is 261 g/mol. The number of hydrogen-bond donors (Lipinski definition) is 2. The summed E-state index contributed by atoms with van der Waals surface area (Å²) in [4.78, 5) is 0. The smallest absolute Gasteiger partial charge is 0.393 e. The lowest BCUT2D eigenvalue weighted by Gasteiger charge is -2.27. The number of alkyl halides is 3. The lowest BCUT2D eigenvalue weighted by atomic mass is 9.87. The molecule has 1 saturated carbocycles. The Bertz CT molecular complexity index is 328. The van der Waals surface area contributed by atoms with E-state index in [1.807, 2.05) is 0 Å². The van der Waals surface area contributed by atoms with Crippen LogP contribution in [0.4, 0.5) is 13.2 Å². The van der Waals surface area contributed by atoms with Crippen molar-refractivity contribution in [3.63, 3.8) is 0 Å². The molecule has 0 saturated heterocycles. The van der Waals surface area contributed by atoms with E-state index in [0.29, 0.717) is 12.8 Å². The van der Waals surface area contributed by atoms with E-state index < -0.39 is 27.6 Å². The predicted octanol–water partition coefficient (Wildman–Crippen LogP) is 0.977. The Morgan fingerprint density at radius 3 is 2.31 bits per heavy atom. The molecule has 1 fully saturated rings. The number of rotatable bonds is 3. The van der Waals surface area contributed by atoms with Crippen molar-refractivity contribution >= 4 is 10.0 Å². The van der Waals surface area contributed by atoms with Gasteiger partial charge in [-0.25, -0.2) is 13.1 Å². The molecule has 0 bridgehead atoms. The van der Waals surface area contributed by atoms with Crippen LogP contribution in [0.1, 0.15) is 25.7 Å². The van der Waals surface area contributed by atoms with Gasteiger partial charge in [-0.2, -0.15) is 13.2 Å².